The second-order valence-electron chi connectivity index (χ2n) is 3.62. The van der Waals surface area contributed by atoms with Gasteiger partial charge >= 0.3 is 0 Å². The van der Waals surface area contributed by atoms with Gasteiger partial charge in [0.1, 0.15) is 0 Å². The second-order valence-corrected chi connectivity index (χ2v) is 3.62. The molecule has 0 saturated heterocycles. The largest absolute Gasteiger partial charge is 0.271 e. The van der Waals surface area contributed by atoms with E-state index in [0.717, 1.165) is 11.4 Å². The predicted octanol–water partition coefficient (Wildman–Crippen LogP) is 2.40. The third-order valence-corrected chi connectivity index (χ3v) is 2.29. The molecule has 0 fully saturated rings. The van der Waals surface area contributed by atoms with Gasteiger partial charge in [-0.2, -0.15) is 5.10 Å². The Kier molecular flexibility index (Phi) is 2.44. The van der Waals surface area contributed by atoms with Crippen LogP contribution >= 0.6 is 0 Å². The molecule has 0 aliphatic rings. The van der Waals surface area contributed by atoms with E-state index in [9.17, 15) is 10.1 Å². The minimum Gasteiger partial charge on any atom is -0.258 e. The van der Waals surface area contributed by atoms with E-state index in [-0.39, 0.29) is 5.69 Å². The van der Waals surface area contributed by atoms with Crippen molar-refractivity contribution in [3.63, 3.8) is 0 Å². The molecule has 0 spiro atoms. The van der Waals surface area contributed by atoms with Gasteiger partial charge in [0.15, 0.2) is 0 Å². The highest BCUT2D eigenvalue weighted by atomic mass is 16.6. The lowest BCUT2D eigenvalue weighted by Gasteiger charge is -2.03. The lowest BCUT2D eigenvalue weighted by molar-refractivity contribution is -0.384. The molecule has 0 saturated carbocycles. The number of nitrogens with zero attached hydrogens (tertiary/aromatic N) is 3. The normalized spacial score (nSPS) is 10.4. The Labute approximate surface area is 92.5 Å². The Balaban J connectivity index is 2.52. The first-order chi connectivity index (χ1) is 7.58. The Morgan fingerprint density at radius 3 is 2.62 bits per heavy atom. The summed E-state index contributed by atoms with van der Waals surface area (Å²) in [5.74, 6) is 0. The van der Waals surface area contributed by atoms with Crippen LogP contribution in [0.5, 0.6) is 0 Å². The van der Waals surface area contributed by atoms with E-state index >= 15 is 0 Å². The topological polar surface area (TPSA) is 61.0 Å². The van der Waals surface area contributed by atoms with E-state index in [2.05, 4.69) is 5.10 Å². The minimum absolute atomic E-state index is 0.0741. The number of nitro benzene ring substituents is 1. The van der Waals surface area contributed by atoms with Gasteiger partial charge in [-0.3, -0.25) is 10.1 Å². The Morgan fingerprint density at radius 2 is 2.06 bits per heavy atom. The fourth-order valence-electron chi connectivity index (χ4n) is 1.63. The maximum atomic E-state index is 10.7. The Hall–Kier alpha value is -2.17. The van der Waals surface area contributed by atoms with Crippen molar-refractivity contribution in [2.75, 3.05) is 0 Å². The molecule has 2 aromatic rings. The van der Waals surface area contributed by atoms with Crippen LogP contribution in [0.15, 0.2) is 30.3 Å². The van der Waals surface area contributed by atoms with Gasteiger partial charge < -0.3 is 0 Å². The van der Waals surface area contributed by atoms with Gasteiger partial charge in [-0.1, -0.05) is 6.07 Å². The van der Waals surface area contributed by atoms with E-state index in [0.29, 0.717) is 5.69 Å². The van der Waals surface area contributed by atoms with Gasteiger partial charge in [0.2, 0.25) is 0 Å². The summed E-state index contributed by atoms with van der Waals surface area (Å²) >= 11 is 0. The van der Waals surface area contributed by atoms with E-state index in [4.69, 9.17) is 0 Å². The highest BCUT2D eigenvalue weighted by molar-refractivity contribution is 5.43. The Morgan fingerprint density at radius 1 is 1.31 bits per heavy atom. The monoisotopic (exact) mass is 217 g/mol. The summed E-state index contributed by atoms with van der Waals surface area (Å²) in [5.41, 5.74) is 2.63. The van der Waals surface area contributed by atoms with E-state index in [1.54, 1.807) is 16.8 Å². The van der Waals surface area contributed by atoms with Crippen LogP contribution < -0.4 is 0 Å². The molecule has 0 atom stereocenters. The molecule has 0 amide bonds. The number of hydrogen-bond acceptors (Lipinski definition) is 3. The first-order valence-corrected chi connectivity index (χ1v) is 4.86. The molecule has 16 heavy (non-hydrogen) atoms. The smallest absolute Gasteiger partial charge is 0.258 e. The summed E-state index contributed by atoms with van der Waals surface area (Å²) < 4.78 is 1.70. The number of nitro groups is 1. The first kappa shape index (κ1) is 10.4. The fourth-order valence-corrected chi connectivity index (χ4v) is 1.63. The van der Waals surface area contributed by atoms with Gasteiger partial charge in [-0.05, 0) is 26.0 Å². The number of aryl methyl sites for hydroxylation is 2. The summed E-state index contributed by atoms with van der Waals surface area (Å²) in [6.45, 7) is 3.81. The molecule has 0 bridgehead atoms. The molecule has 2 rings (SSSR count). The van der Waals surface area contributed by atoms with Gasteiger partial charge in [-0.25, -0.2) is 4.68 Å². The molecule has 82 valence electrons. The summed E-state index contributed by atoms with van der Waals surface area (Å²) in [5, 5.41) is 14.9. The van der Waals surface area contributed by atoms with E-state index in [1.165, 1.54) is 12.1 Å². The van der Waals surface area contributed by atoms with Gasteiger partial charge in [0, 0.05) is 17.8 Å². The molecule has 1 aromatic carbocycles. The van der Waals surface area contributed by atoms with Crippen LogP contribution in [0.1, 0.15) is 11.4 Å². The van der Waals surface area contributed by atoms with Crippen molar-refractivity contribution in [1.82, 2.24) is 9.78 Å². The molecule has 0 N–H and O–H groups in total. The number of hydrogen-bond donors (Lipinski definition) is 0. The quantitative estimate of drug-likeness (QED) is 0.573. The summed E-state index contributed by atoms with van der Waals surface area (Å²) in [4.78, 5) is 10.2. The highest BCUT2D eigenvalue weighted by Crippen LogP contribution is 2.17. The van der Waals surface area contributed by atoms with Crippen molar-refractivity contribution in [2.24, 2.45) is 0 Å². The maximum absolute atomic E-state index is 10.7. The highest BCUT2D eigenvalue weighted by Gasteiger charge is 2.09. The molecule has 1 aromatic heterocycles. The standard InChI is InChI=1S/C11H11N3O2/c1-8-6-9(2)13(12-8)10-4-3-5-11(7-10)14(15)16/h3-7H,1-2H3. The summed E-state index contributed by atoms with van der Waals surface area (Å²) in [6, 6.07) is 8.36. The maximum Gasteiger partial charge on any atom is 0.271 e. The summed E-state index contributed by atoms with van der Waals surface area (Å²) in [6.07, 6.45) is 0. The lowest BCUT2D eigenvalue weighted by Crippen LogP contribution is -1.99. The van der Waals surface area contributed by atoms with Crippen LogP contribution in [0.3, 0.4) is 0 Å². The molecule has 5 heteroatoms. The third kappa shape index (κ3) is 1.79. The fraction of sp³-hybridized carbons (Fsp3) is 0.182. The molecular weight excluding hydrogens is 206 g/mol. The molecule has 0 aliphatic carbocycles. The molecular formula is C11H11N3O2. The Bertz CT molecular complexity index is 546. The SMILES string of the molecule is Cc1cc(C)n(-c2cccc([N+](=O)[O-])c2)n1. The van der Waals surface area contributed by atoms with Gasteiger partial charge in [0.05, 0.1) is 16.3 Å². The number of rotatable bonds is 2. The minimum atomic E-state index is -0.408. The van der Waals surface area contributed by atoms with Gasteiger partial charge in [0.25, 0.3) is 5.69 Å². The van der Waals surface area contributed by atoms with Crippen molar-refractivity contribution in [1.29, 1.82) is 0 Å². The van der Waals surface area contributed by atoms with E-state index in [1.807, 2.05) is 19.9 Å². The van der Waals surface area contributed by atoms with Crippen molar-refractivity contribution >= 4 is 5.69 Å². The lowest BCUT2D eigenvalue weighted by atomic mass is 10.3. The van der Waals surface area contributed by atoms with Crippen LogP contribution in [0.2, 0.25) is 0 Å². The van der Waals surface area contributed by atoms with Crippen molar-refractivity contribution < 1.29 is 4.92 Å². The van der Waals surface area contributed by atoms with Gasteiger partial charge in [-0.15, -0.1) is 0 Å². The first-order valence-electron chi connectivity index (χ1n) is 4.86. The average molecular weight is 217 g/mol. The zero-order valence-electron chi connectivity index (χ0n) is 9.04. The number of non-ortho nitro benzene ring substituents is 1. The van der Waals surface area contributed by atoms with Crippen LogP contribution in [0.25, 0.3) is 5.69 Å². The number of benzene rings is 1. The van der Waals surface area contributed by atoms with Crippen LogP contribution in [0.4, 0.5) is 5.69 Å². The average Bonchev–Trinajstić information content (AvgIpc) is 2.58. The molecule has 0 radical (unpaired) electrons. The van der Waals surface area contributed by atoms with Crippen molar-refractivity contribution in [2.45, 2.75) is 13.8 Å². The zero-order valence-corrected chi connectivity index (χ0v) is 9.04. The molecule has 0 aliphatic heterocycles. The van der Waals surface area contributed by atoms with Crippen molar-refractivity contribution in [3.05, 3.63) is 51.8 Å². The van der Waals surface area contributed by atoms with E-state index < -0.39 is 4.92 Å². The predicted molar refractivity (Wildman–Crippen MR) is 59.7 cm³/mol. The van der Waals surface area contributed by atoms with Crippen LogP contribution in [-0.4, -0.2) is 14.7 Å². The summed E-state index contributed by atoms with van der Waals surface area (Å²) in [7, 11) is 0. The van der Waals surface area contributed by atoms with Crippen LogP contribution in [-0.2, 0) is 0 Å². The van der Waals surface area contributed by atoms with Crippen molar-refractivity contribution in [3.8, 4) is 5.69 Å². The molecule has 1 heterocycles. The van der Waals surface area contributed by atoms with Crippen LogP contribution in [0, 0.1) is 24.0 Å². The third-order valence-electron chi connectivity index (χ3n) is 2.29. The molecule has 5 nitrogen and oxygen atoms in total. The second kappa shape index (κ2) is 3.77. The number of aromatic nitrogens is 2. The zero-order chi connectivity index (χ0) is 11.7. The molecule has 0 unspecified atom stereocenters.